The summed E-state index contributed by atoms with van der Waals surface area (Å²) in [5.41, 5.74) is 1.62. The first kappa shape index (κ1) is 10.5. The predicted octanol–water partition coefficient (Wildman–Crippen LogP) is 2.52. The van der Waals surface area contributed by atoms with Gasteiger partial charge in [0.15, 0.2) is 11.5 Å². The molecule has 1 N–H and O–H groups in total. The molecule has 1 aliphatic rings. The van der Waals surface area contributed by atoms with E-state index in [1.54, 1.807) is 18.2 Å². The Hall–Kier alpha value is -2.60. The SMILES string of the molecule is Oc1cccc(C#Cc2ccc3c(c2)OCO3)c1. The van der Waals surface area contributed by atoms with Crippen LogP contribution in [0.2, 0.25) is 0 Å². The van der Waals surface area contributed by atoms with Gasteiger partial charge in [0.2, 0.25) is 6.79 Å². The van der Waals surface area contributed by atoms with Gasteiger partial charge in [0.05, 0.1) is 0 Å². The molecular weight excluding hydrogens is 228 g/mol. The summed E-state index contributed by atoms with van der Waals surface area (Å²) in [6.07, 6.45) is 0. The van der Waals surface area contributed by atoms with Gasteiger partial charge < -0.3 is 14.6 Å². The Balaban J connectivity index is 1.89. The van der Waals surface area contributed by atoms with E-state index in [0.717, 1.165) is 22.6 Å². The van der Waals surface area contributed by atoms with Crippen LogP contribution in [-0.2, 0) is 0 Å². The maximum atomic E-state index is 9.33. The minimum Gasteiger partial charge on any atom is -0.508 e. The van der Waals surface area contributed by atoms with E-state index in [4.69, 9.17) is 9.47 Å². The fourth-order valence-electron chi connectivity index (χ4n) is 1.70. The normalized spacial score (nSPS) is 11.8. The van der Waals surface area contributed by atoms with Crippen molar-refractivity contribution >= 4 is 0 Å². The van der Waals surface area contributed by atoms with E-state index in [1.165, 1.54) is 0 Å². The lowest BCUT2D eigenvalue weighted by Crippen LogP contribution is -1.92. The summed E-state index contributed by atoms with van der Waals surface area (Å²) in [4.78, 5) is 0. The molecule has 0 atom stereocenters. The molecule has 0 aromatic heterocycles. The summed E-state index contributed by atoms with van der Waals surface area (Å²) >= 11 is 0. The highest BCUT2D eigenvalue weighted by molar-refractivity contribution is 5.51. The number of benzene rings is 2. The fraction of sp³-hybridized carbons (Fsp3) is 0.0667. The van der Waals surface area contributed by atoms with Crippen LogP contribution in [0.3, 0.4) is 0 Å². The Morgan fingerprint density at radius 3 is 2.50 bits per heavy atom. The summed E-state index contributed by atoms with van der Waals surface area (Å²) in [6, 6.07) is 12.4. The van der Waals surface area contributed by atoms with E-state index in [1.807, 2.05) is 24.3 Å². The third-order valence-electron chi connectivity index (χ3n) is 2.57. The lowest BCUT2D eigenvalue weighted by atomic mass is 10.1. The smallest absolute Gasteiger partial charge is 0.231 e. The zero-order valence-electron chi connectivity index (χ0n) is 9.51. The molecule has 0 saturated heterocycles. The van der Waals surface area contributed by atoms with Crippen LogP contribution in [0.1, 0.15) is 11.1 Å². The summed E-state index contributed by atoms with van der Waals surface area (Å²) in [7, 11) is 0. The molecule has 0 saturated carbocycles. The van der Waals surface area contributed by atoms with Crippen LogP contribution in [-0.4, -0.2) is 11.9 Å². The van der Waals surface area contributed by atoms with Crippen molar-refractivity contribution in [2.75, 3.05) is 6.79 Å². The Morgan fingerprint density at radius 2 is 1.67 bits per heavy atom. The van der Waals surface area contributed by atoms with E-state index in [0.29, 0.717) is 0 Å². The highest BCUT2D eigenvalue weighted by atomic mass is 16.7. The van der Waals surface area contributed by atoms with Crippen molar-refractivity contribution in [3.8, 4) is 29.1 Å². The van der Waals surface area contributed by atoms with Crippen molar-refractivity contribution in [3.63, 3.8) is 0 Å². The number of ether oxygens (including phenoxy) is 2. The van der Waals surface area contributed by atoms with E-state index < -0.39 is 0 Å². The van der Waals surface area contributed by atoms with Crippen LogP contribution in [0.4, 0.5) is 0 Å². The maximum absolute atomic E-state index is 9.33. The van der Waals surface area contributed by atoms with E-state index in [-0.39, 0.29) is 12.5 Å². The van der Waals surface area contributed by atoms with Crippen molar-refractivity contribution in [1.82, 2.24) is 0 Å². The van der Waals surface area contributed by atoms with Gasteiger partial charge in [0.25, 0.3) is 0 Å². The van der Waals surface area contributed by atoms with Crippen LogP contribution in [0.15, 0.2) is 42.5 Å². The van der Waals surface area contributed by atoms with Gasteiger partial charge in [-0.25, -0.2) is 0 Å². The second-order valence-corrected chi connectivity index (χ2v) is 3.87. The maximum Gasteiger partial charge on any atom is 0.231 e. The Bertz CT molecular complexity index is 650. The van der Waals surface area contributed by atoms with Gasteiger partial charge in [0.1, 0.15) is 5.75 Å². The van der Waals surface area contributed by atoms with E-state index in [2.05, 4.69) is 11.8 Å². The third-order valence-corrected chi connectivity index (χ3v) is 2.57. The number of aromatic hydroxyl groups is 1. The van der Waals surface area contributed by atoms with Crippen molar-refractivity contribution in [2.24, 2.45) is 0 Å². The van der Waals surface area contributed by atoms with Gasteiger partial charge in [0, 0.05) is 11.1 Å². The highest BCUT2D eigenvalue weighted by Gasteiger charge is 2.12. The highest BCUT2D eigenvalue weighted by Crippen LogP contribution is 2.32. The molecule has 0 amide bonds. The van der Waals surface area contributed by atoms with Crippen molar-refractivity contribution in [2.45, 2.75) is 0 Å². The summed E-state index contributed by atoms with van der Waals surface area (Å²) < 4.78 is 10.5. The van der Waals surface area contributed by atoms with Crippen molar-refractivity contribution < 1.29 is 14.6 Å². The number of rotatable bonds is 0. The molecule has 0 bridgehead atoms. The first-order valence-corrected chi connectivity index (χ1v) is 5.52. The quantitative estimate of drug-likeness (QED) is 0.717. The standard InChI is InChI=1S/C15H10O3/c16-13-3-1-2-11(8-13)4-5-12-6-7-14-15(9-12)18-10-17-14/h1-3,6-9,16H,10H2. The molecule has 0 radical (unpaired) electrons. The van der Waals surface area contributed by atoms with Gasteiger partial charge in [-0.15, -0.1) is 0 Å². The molecule has 0 spiro atoms. The summed E-state index contributed by atoms with van der Waals surface area (Å²) in [5, 5.41) is 9.33. The molecule has 3 rings (SSSR count). The van der Waals surface area contributed by atoms with Crippen LogP contribution in [0.5, 0.6) is 17.2 Å². The van der Waals surface area contributed by atoms with Crippen LogP contribution in [0, 0.1) is 11.8 Å². The molecule has 2 aromatic carbocycles. The zero-order chi connectivity index (χ0) is 12.4. The number of phenols is 1. The Morgan fingerprint density at radius 1 is 0.889 bits per heavy atom. The Labute approximate surface area is 105 Å². The molecular formula is C15H10O3. The molecule has 1 aliphatic heterocycles. The number of hydrogen-bond donors (Lipinski definition) is 1. The average molecular weight is 238 g/mol. The first-order valence-electron chi connectivity index (χ1n) is 5.52. The lowest BCUT2D eigenvalue weighted by Gasteiger charge is -1.95. The minimum atomic E-state index is 0.215. The van der Waals surface area contributed by atoms with E-state index >= 15 is 0 Å². The molecule has 3 nitrogen and oxygen atoms in total. The van der Waals surface area contributed by atoms with E-state index in [9.17, 15) is 5.11 Å². The minimum absolute atomic E-state index is 0.215. The molecule has 0 unspecified atom stereocenters. The zero-order valence-corrected chi connectivity index (χ0v) is 9.51. The van der Waals surface area contributed by atoms with Gasteiger partial charge in [-0.3, -0.25) is 0 Å². The summed E-state index contributed by atoms with van der Waals surface area (Å²) in [5.74, 6) is 7.69. The van der Waals surface area contributed by atoms with Gasteiger partial charge >= 0.3 is 0 Å². The molecule has 88 valence electrons. The van der Waals surface area contributed by atoms with Gasteiger partial charge in [-0.1, -0.05) is 17.9 Å². The number of phenolic OH excluding ortho intramolecular Hbond substituents is 1. The second-order valence-electron chi connectivity index (χ2n) is 3.87. The molecule has 18 heavy (non-hydrogen) atoms. The van der Waals surface area contributed by atoms with Gasteiger partial charge in [-0.2, -0.15) is 0 Å². The largest absolute Gasteiger partial charge is 0.508 e. The predicted molar refractivity (Wildman–Crippen MR) is 66.7 cm³/mol. The lowest BCUT2D eigenvalue weighted by molar-refractivity contribution is 0.174. The fourth-order valence-corrected chi connectivity index (χ4v) is 1.70. The second kappa shape index (κ2) is 4.34. The number of hydrogen-bond acceptors (Lipinski definition) is 3. The third kappa shape index (κ3) is 2.09. The van der Waals surface area contributed by atoms with Crippen molar-refractivity contribution in [3.05, 3.63) is 53.6 Å². The van der Waals surface area contributed by atoms with Crippen molar-refractivity contribution in [1.29, 1.82) is 0 Å². The van der Waals surface area contributed by atoms with Crippen LogP contribution < -0.4 is 9.47 Å². The van der Waals surface area contributed by atoms with Gasteiger partial charge in [-0.05, 0) is 36.4 Å². The topological polar surface area (TPSA) is 38.7 Å². The molecule has 0 fully saturated rings. The first-order chi connectivity index (χ1) is 8.81. The van der Waals surface area contributed by atoms with Crippen LogP contribution in [0.25, 0.3) is 0 Å². The molecule has 3 heteroatoms. The molecule has 1 heterocycles. The van der Waals surface area contributed by atoms with Crippen LogP contribution >= 0.6 is 0 Å². The summed E-state index contributed by atoms with van der Waals surface area (Å²) in [6.45, 7) is 0.263. The average Bonchev–Trinajstić information content (AvgIpc) is 2.84. The monoisotopic (exact) mass is 238 g/mol. The Kier molecular flexibility index (Phi) is 2.54. The number of fused-ring (bicyclic) bond motifs is 1. The molecule has 0 aliphatic carbocycles. The molecule has 2 aromatic rings.